The van der Waals surface area contributed by atoms with Crippen molar-refractivity contribution < 1.29 is 4.79 Å². The number of carbonyl (C=O) groups is 1. The maximum atomic E-state index is 12.8. The Hall–Kier alpha value is -1.59. The molecule has 0 aromatic carbocycles. The standard InChI is InChI=1S/C18H25N3OS/c1-19-9-6-15-7-11-20(12-8-15)18(22)17-5-2-10-21(17)14-16-4-3-13-23-16/h2-5,10,13,15,19H,6-9,11-12,14H2,1H3. The van der Waals surface area contributed by atoms with Gasteiger partial charge in [0.2, 0.25) is 0 Å². The molecule has 1 fully saturated rings. The van der Waals surface area contributed by atoms with E-state index in [1.165, 1.54) is 11.3 Å². The number of nitrogens with one attached hydrogen (secondary N) is 1. The number of carbonyl (C=O) groups excluding carboxylic acids is 1. The van der Waals surface area contributed by atoms with Crippen molar-refractivity contribution in [3.8, 4) is 0 Å². The molecule has 1 amide bonds. The van der Waals surface area contributed by atoms with Crippen LogP contribution in [0.15, 0.2) is 35.8 Å². The van der Waals surface area contributed by atoms with Gasteiger partial charge < -0.3 is 14.8 Å². The normalized spacial score (nSPS) is 16.0. The summed E-state index contributed by atoms with van der Waals surface area (Å²) >= 11 is 1.73. The Balaban J connectivity index is 1.60. The molecule has 0 radical (unpaired) electrons. The molecule has 0 bridgehead atoms. The lowest BCUT2D eigenvalue weighted by Crippen LogP contribution is -2.39. The fraction of sp³-hybridized carbons (Fsp3) is 0.500. The summed E-state index contributed by atoms with van der Waals surface area (Å²) in [5, 5.41) is 5.30. The average molecular weight is 331 g/mol. The third kappa shape index (κ3) is 4.03. The van der Waals surface area contributed by atoms with Crippen LogP contribution in [0, 0.1) is 5.92 Å². The van der Waals surface area contributed by atoms with Gasteiger partial charge in [-0.25, -0.2) is 0 Å². The molecule has 3 heterocycles. The third-order valence-corrected chi connectivity index (χ3v) is 5.52. The molecule has 0 atom stereocenters. The lowest BCUT2D eigenvalue weighted by molar-refractivity contribution is 0.0677. The van der Waals surface area contributed by atoms with Crippen molar-refractivity contribution in [3.63, 3.8) is 0 Å². The predicted octanol–water partition coefficient (Wildman–Crippen LogP) is 3.06. The van der Waals surface area contributed by atoms with Gasteiger partial charge in [0.1, 0.15) is 5.69 Å². The molecule has 5 heteroatoms. The number of likely N-dealkylation sites (tertiary alicyclic amines) is 1. The Kier molecular flexibility index (Phi) is 5.51. The van der Waals surface area contributed by atoms with E-state index in [-0.39, 0.29) is 5.91 Å². The lowest BCUT2D eigenvalue weighted by Gasteiger charge is -2.32. The Bertz CT molecular complexity index is 612. The fourth-order valence-corrected chi connectivity index (χ4v) is 3.95. The number of rotatable bonds is 6. The first kappa shape index (κ1) is 16.3. The fourth-order valence-electron chi connectivity index (χ4n) is 3.25. The average Bonchev–Trinajstić information content (AvgIpc) is 3.25. The van der Waals surface area contributed by atoms with E-state index < -0.39 is 0 Å². The van der Waals surface area contributed by atoms with Crippen LogP contribution in [0.1, 0.15) is 34.6 Å². The second-order valence-electron chi connectivity index (χ2n) is 6.23. The number of hydrogen-bond donors (Lipinski definition) is 1. The molecule has 23 heavy (non-hydrogen) atoms. The molecular formula is C18H25N3OS. The monoisotopic (exact) mass is 331 g/mol. The van der Waals surface area contributed by atoms with Crippen LogP contribution in [0.5, 0.6) is 0 Å². The van der Waals surface area contributed by atoms with Crippen LogP contribution in [-0.2, 0) is 6.54 Å². The van der Waals surface area contributed by atoms with E-state index in [1.54, 1.807) is 11.3 Å². The van der Waals surface area contributed by atoms with Crippen molar-refractivity contribution in [2.45, 2.75) is 25.8 Å². The summed E-state index contributed by atoms with van der Waals surface area (Å²) in [5.41, 5.74) is 0.812. The van der Waals surface area contributed by atoms with Gasteiger partial charge in [0.25, 0.3) is 5.91 Å². The molecule has 3 rings (SSSR count). The van der Waals surface area contributed by atoms with E-state index in [2.05, 4.69) is 27.4 Å². The van der Waals surface area contributed by atoms with Gasteiger partial charge in [-0.15, -0.1) is 11.3 Å². The Morgan fingerprint density at radius 3 is 2.83 bits per heavy atom. The molecule has 4 nitrogen and oxygen atoms in total. The summed E-state index contributed by atoms with van der Waals surface area (Å²) in [6.07, 6.45) is 5.47. The first-order valence-corrected chi connectivity index (χ1v) is 9.27. The van der Waals surface area contributed by atoms with E-state index in [1.807, 2.05) is 30.3 Å². The summed E-state index contributed by atoms with van der Waals surface area (Å²) in [5.74, 6) is 0.933. The second-order valence-corrected chi connectivity index (χ2v) is 7.26. The van der Waals surface area contributed by atoms with Crippen LogP contribution in [0.2, 0.25) is 0 Å². The predicted molar refractivity (Wildman–Crippen MR) is 95.0 cm³/mol. The van der Waals surface area contributed by atoms with Crippen LogP contribution >= 0.6 is 11.3 Å². The maximum Gasteiger partial charge on any atom is 0.270 e. The molecule has 1 aliphatic heterocycles. The summed E-state index contributed by atoms with van der Waals surface area (Å²) < 4.78 is 2.07. The Labute approximate surface area is 142 Å². The molecule has 124 valence electrons. The summed E-state index contributed by atoms with van der Waals surface area (Å²) in [6.45, 7) is 3.63. The summed E-state index contributed by atoms with van der Waals surface area (Å²) in [7, 11) is 2.00. The highest BCUT2D eigenvalue weighted by Crippen LogP contribution is 2.22. The van der Waals surface area contributed by atoms with Crippen molar-refractivity contribution in [2.75, 3.05) is 26.7 Å². The zero-order chi connectivity index (χ0) is 16.1. The molecule has 0 unspecified atom stereocenters. The number of piperidine rings is 1. The van der Waals surface area contributed by atoms with Gasteiger partial charge in [-0.05, 0) is 62.4 Å². The summed E-state index contributed by atoms with van der Waals surface area (Å²) in [4.78, 5) is 16.1. The van der Waals surface area contributed by atoms with Crippen LogP contribution in [0.3, 0.4) is 0 Å². The minimum atomic E-state index is 0.179. The molecule has 2 aromatic rings. The highest BCUT2D eigenvalue weighted by atomic mass is 32.1. The summed E-state index contributed by atoms with van der Waals surface area (Å²) in [6, 6.07) is 8.09. The van der Waals surface area contributed by atoms with Gasteiger partial charge >= 0.3 is 0 Å². The molecule has 1 N–H and O–H groups in total. The van der Waals surface area contributed by atoms with Crippen molar-refractivity contribution in [3.05, 3.63) is 46.4 Å². The smallest absolute Gasteiger partial charge is 0.270 e. The van der Waals surface area contributed by atoms with Gasteiger partial charge in [0.05, 0.1) is 6.54 Å². The van der Waals surface area contributed by atoms with Crippen molar-refractivity contribution in [2.24, 2.45) is 5.92 Å². The first-order chi connectivity index (χ1) is 11.3. The van der Waals surface area contributed by atoms with Gasteiger partial charge in [-0.2, -0.15) is 0 Å². The van der Waals surface area contributed by atoms with E-state index in [4.69, 9.17) is 0 Å². The zero-order valence-corrected chi connectivity index (χ0v) is 14.5. The van der Waals surface area contributed by atoms with Gasteiger partial charge in [-0.1, -0.05) is 6.07 Å². The maximum absolute atomic E-state index is 12.8. The van der Waals surface area contributed by atoms with E-state index in [0.717, 1.165) is 50.6 Å². The van der Waals surface area contributed by atoms with Crippen LogP contribution in [0.25, 0.3) is 0 Å². The van der Waals surface area contributed by atoms with Crippen LogP contribution in [-0.4, -0.2) is 42.1 Å². The molecule has 0 saturated carbocycles. The topological polar surface area (TPSA) is 37.3 Å². The second kappa shape index (κ2) is 7.79. The van der Waals surface area contributed by atoms with Gasteiger partial charge in [0, 0.05) is 24.2 Å². The lowest BCUT2D eigenvalue weighted by atomic mass is 9.93. The Morgan fingerprint density at radius 1 is 1.30 bits per heavy atom. The molecule has 1 aliphatic rings. The SMILES string of the molecule is CNCCC1CCN(C(=O)c2cccn2Cc2cccs2)CC1. The van der Waals surface area contributed by atoms with Gasteiger partial charge in [0.15, 0.2) is 0 Å². The van der Waals surface area contributed by atoms with Crippen LogP contribution < -0.4 is 5.32 Å². The minimum Gasteiger partial charge on any atom is -0.338 e. The zero-order valence-electron chi connectivity index (χ0n) is 13.7. The first-order valence-electron chi connectivity index (χ1n) is 8.39. The number of thiophene rings is 1. The number of hydrogen-bond acceptors (Lipinski definition) is 3. The van der Waals surface area contributed by atoms with Crippen molar-refractivity contribution >= 4 is 17.2 Å². The Morgan fingerprint density at radius 2 is 2.13 bits per heavy atom. The number of nitrogens with zero attached hydrogens (tertiary/aromatic N) is 2. The minimum absolute atomic E-state index is 0.179. The highest BCUT2D eigenvalue weighted by molar-refractivity contribution is 7.09. The number of amides is 1. The highest BCUT2D eigenvalue weighted by Gasteiger charge is 2.24. The molecule has 2 aromatic heterocycles. The molecular weight excluding hydrogens is 306 g/mol. The largest absolute Gasteiger partial charge is 0.338 e. The molecule has 0 spiro atoms. The third-order valence-electron chi connectivity index (χ3n) is 4.66. The quantitative estimate of drug-likeness (QED) is 0.883. The van der Waals surface area contributed by atoms with Crippen molar-refractivity contribution in [1.82, 2.24) is 14.8 Å². The van der Waals surface area contributed by atoms with Gasteiger partial charge in [-0.3, -0.25) is 4.79 Å². The van der Waals surface area contributed by atoms with E-state index in [9.17, 15) is 4.79 Å². The molecule has 0 aliphatic carbocycles. The van der Waals surface area contributed by atoms with Crippen LogP contribution in [0.4, 0.5) is 0 Å². The van der Waals surface area contributed by atoms with E-state index >= 15 is 0 Å². The molecule has 1 saturated heterocycles. The van der Waals surface area contributed by atoms with E-state index in [0.29, 0.717) is 0 Å². The van der Waals surface area contributed by atoms with Crippen molar-refractivity contribution in [1.29, 1.82) is 0 Å². The number of aromatic nitrogens is 1.